The van der Waals surface area contributed by atoms with Crippen LogP contribution in [0, 0.1) is 5.92 Å². The van der Waals surface area contributed by atoms with Crippen LogP contribution in [-0.2, 0) is 24.3 Å². The van der Waals surface area contributed by atoms with Gasteiger partial charge in [0.2, 0.25) is 10.0 Å². The molecule has 1 rings (SSSR count). The number of benzene rings is 1. The first kappa shape index (κ1) is 18.9. The lowest BCUT2D eigenvalue weighted by Crippen LogP contribution is -2.44. The Labute approximate surface area is 134 Å². The molecule has 1 unspecified atom stereocenters. The lowest BCUT2D eigenvalue weighted by atomic mass is 10.1. The summed E-state index contributed by atoms with van der Waals surface area (Å²) in [5.41, 5.74) is 0. The number of rotatable bonds is 8. The van der Waals surface area contributed by atoms with Crippen LogP contribution < -0.4 is 9.46 Å². The molecule has 1 atom stereocenters. The number of carbonyl (C=O) groups excluding carboxylic acids is 1. The van der Waals surface area contributed by atoms with Crippen molar-refractivity contribution in [3.05, 3.63) is 24.3 Å². The van der Waals surface area contributed by atoms with Gasteiger partial charge in [-0.3, -0.25) is 4.79 Å². The predicted molar refractivity (Wildman–Crippen MR) is 80.5 cm³/mol. The summed E-state index contributed by atoms with van der Waals surface area (Å²) < 4.78 is 36.0. The van der Waals surface area contributed by atoms with Crippen molar-refractivity contribution in [2.45, 2.75) is 24.8 Å². The van der Waals surface area contributed by atoms with Gasteiger partial charge < -0.3 is 14.6 Å². The van der Waals surface area contributed by atoms with Gasteiger partial charge in [0.05, 0.1) is 12.0 Å². The highest BCUT2D eigenvalue weighted by Crippen LogP contribution is 2.17. The van der Waals surface area contributed by atoms with Crippen molar-refractivity contribution >= 4 is 22.0 Å². The second-order valence-electron chi connectivity index (χ2n) is 5.02. The number of carboxylic acids is 1. The minimum absolute atomic E-state index is 0.102. The van der Waals surface area contributed by atoms with E-state index in [1.54, 1.807) is 13.8 Å². The van der Waals surface area contributed by atoms with E-state index in [-0.39, 0.29) is 17.3 Å². The Hall–Kier alpha value is -2.13. The number of methoxy groups -OCH3 is 1. The van der Waals surface area contributed by atoms with Crippen molar-refractivity contribution < 1.29 is 32.6 Å². The predicted octanol–water partition coefficient (Wildman–Crippen LogP) is 0.626. The highest BCUT2D eigenvalue weighted by atomic mass is 32.2. The molecule has 0 aromatic heterocycles. The van der Waals surface area contributed by atoms with E-state index in [9.17, 15) is 18.0 Å². The van der Waals surface area contributed by atoms with Crippen molar-refractivity contribution in [1.29, 1.82) is 0 Å². The Morgan fingerprint density at radius 1 is 1.22 bits per heavy atom. The Morgan fingerprint density at radius 2 is 1.78 bits per heavy atom. The van der Waals surface area contributed by atoms with E-state index >= 15 is 0 Å². The van der Waals surface area contributed by atoms with E-state index in [1.807, 2.05) is 0 Å². The van der Waals surface area contributed by atoms with Crippen LogP contribution in [0.1, 0.15) is 13.8 Å². The molecule has 0 aliphatic heterocycles. The van der Waals surface area contributed by atoms with Gasteiger partial charge in [0.15, 0.2) is 6.61 Å². The number of aliphatic carboxylic acids is 1. The fourth-order valence-electron chi connectivity index (χ4n) is 1.62. The fourth-order valence-corrected chi connectivity index (χ4v) is 2.96. The normalized spacial score (nSPS) is 12.7. The monoisotopic (exact) mass is 345 g/mol. The topological polar surface area (TPSA) is 119 Å². The second kappa shape index (κ2) is 7.93. The second-order valence-corrected chi connectivity index (χ2v) is 6.73. The molecule has 0 aliphatic rings. The number of hydrogen-bond donors (Lipinski definition) is 2. The van der Waals surface area contributed by atoms with E-state index in [2.05, 4.69) is 9.46 Å². The van der Waals surface area contributed by atoms with Crippen molar-refractivity contribution in [2.24, 2.45) is 5.92 Å². The van der Waals surface area contributed by atoms with E-state index in [1.165, 1.54) is 31.4 Å². The van der Waals surface area contributed by atoms with Crippen molar-refractivity contribution in [3.63, 3.8) is 0 Å². The van der Waals surface area contributed by atoms with Gasteiger partial charge in [-0.05, 0) is 30.2 Å². The van der Waals surface area contributed by atoms with Gasteiger partial charge in [-0.15, -0.1) is 0 Å². The molecule has 8 nitrogen and oxygen atoms in total. The highest BCUT2D eigenvalue weighted by Gasteiger charge is 2.27. The average Bonchev–Trinajstić information content (AvgIpc) is 2.50. The van der Waals surface area contributed by atoms with Crippen molar-refractivity contribution in [1.82, 2.24) is 4.72 Å². The molecule has 0 fully saturated rings. The van der Waals surface area contributed by atoms with Crippen LogP contribution in [0.5, 0.6) is 5.75 Å². The SMILES string of the molecule is COC(=O)COc1ccc(S(=O)(=O)NC(C(=O)O)C(C)C)cc1. The number of carbonyl (C=O) groups is 2. The lowest BCUT2D eigenvalue weighted by Gasteiger charge is -2.18. The van der Waals surface area contributed by atoms with E-state index in [4.69, 9.17) is 9.84 Å². The summed E-state index contributed by atoms with van der Waals surface area (Å²) in [6.45, 7) is 2.91. The van der Waals surface area contributed by atoms with Gasteiger partial charge in [0.1, 0.15) is 11.8 Å². The molecule has 1 aromatic carbocycles. The number of esters is 1. The molecule has 0 heterocycles. The summed E-state index contributed by atoms with van der Waals surface area (Å²) in [6.07, 6.45) is 0. The summed E-state index contributed by atoms with van der Waals surface area (Å²) >= 11 is 0. The van der Waals surface area contributed by atoms with Crippen molar-refractivity contribution in [3.8, 4) is 5.75 Å². The molecular weight excluding hydrogens is 326 g/mol. The summed E-state index contributed by atoms with van der Waals surface area (Å²) in [5.74, 6) is -1.94. The third-order valence-corrected chi connectivity index (χ3v) is 4.39. The zero-order valence-electron chi connectivity index (χ0n) is 13.0. The van der Waals surface area contributed by atoms with E-state index in [0.717, 1.165) is 0 Å². The van der Waals surface area contributed by atoms with Gasteiger partial charge in [0.25, 0.3) is 0 Å². The first-order valence-electron chi connectivity index (χ1n) is 6.72. The molecule has 2 N–H and O–H groups in total. The maximum absolute atomic E-state index is 12.2. The molecular formula is C14H19NO7S. The highest BCUT2D eigenvalue weighted by molar-refractivity contribution is 7.89. The minimum Gasteiger partial charge on any atom is -0.482 e. The zero-order chi connectivity index (χ0) is 17.6. The average molecular weight is 345 g/mol. The van der Waals surface area contributed by atoms with Crippen LogP contribution >= 0.6 is 0 Å². The van der Waals surface area contributed by atoms with Crippen LogP contribution in [0.3, 0.4) is 0 Å². The Bertz CT molecular complexity index is 652. The fraction of sp³-hybridized carbons (Fsp3) is 0.429. The molecule has 0 amide bonds. The van der Waals surface area contributed by atoms with E-state index < -0.39 is 33.9 Å². The van der Waals surface area contributed by atoms with E-state index in [0.29, 0.717) is 0 Å². The maximum Gasteiger partial charge on any atom is 0.343 e. The number of sulfonamides is 1. The minimum atomic E-state index is -3.98. The first-order valence-corrected chi connectivity index (χ1v) is 8.20. The Kier molecular flexibility index (Phi) is 6.52. The third-order valence-electron chi connectivity index (χ3n) is 2.93. The van der Waals surface area contributed by atoms with Gasteiger partial charge in [-0.2, -0.15) is 4.72 Å². The molecule has 0 saturated carbocycles. The molecule has 128 valence electrons. The third kappa shape index (κ3) is 5.53. The number of carboxylic acid groups (broad SMARTS) is 1. The number of hydrogen-bond acceptors (Lipinski definition) is 6. The Balaban J connectivity index is 2.85. The van der Waals surface area contributed by atoms with Gasteiger partial charge in [0, 0.05) is 0 Å². The first-order chi connectivity index (χ1) is 10.7. The van der Waals surface area contributed by atoms with Crippen LogP contribution in [0.15, 0.2) is 29.2 Å². The quantitative estimate of drug-likeness (QED) is 0.663. The molecule has 0 radical (unpaired) electrons. The largest absolute Gasteiger partial charge is 0.482 e. The molecule has 9 heteroatoms. The van der Waals surface area contributed by atoms with Crippen LogP contribution in [0.4, 0.5) is 0 Å². The summed E-state index contributed by atoms with van der Waals surface area (Å²) in [5, 5.41) is 9.05. The summed E-state index contributed by atoms with van der Waals surface area (Å²) in [7, 11) is -2.76. The number of ether oxygens (including phenoxy) is 2. The molecule has 0 saturated heterocycles. The smallest absolute Gasteiger partial charge is 0.343 e. The Morgan fingerprint density at radius 3 is 2.22 bits per heavy atom. The molecule has 0 spiro atoms. The number of nitrogens with one attached hydrogen (secondary N) is 1. The van der Waals surface area contributed by atoms with Crippen LogP contribution in [0.25, 0.3) is 0 Å². The van der Waals surface area contributed by atoms with Crippen LogP contribution in [0.2, 0.25) is 0 Å². The maximum atomic E-state index is 12.2. The standard InChI is InChI=1S/C14H19NO7S/c1-9(2)13(14(17)18)15-23(19,20)11-6-4-10(5-7-11)22-8-12(16)21-3/h4-7,9,13,15H,8H2,1-3H3,(H,17,18). The summed E-state index contributed by atoms with van der Waals surface area (Å²) in [6, 6.07) is 4.02. The molecule has 23 heavy (non-hydrogen) atoms. The molecule has 1 aromatic rings. The lowest BCUT2D eigenvalue weighted by molar-refractivity contribution is -0.143. The molecule has 0 aliphatic carbocycles. The van der Waals surface area contributed by atoms with Gasteiger partial charge in [-0.1, -0.05) is 13.8 Å². The zero-order valence-corrected chi connectivity index (χ0v) is 13.8. The van der Waals surface area contributed by atoms with Crippen molar-refractivity contribution in [2.75, 3.05) is 13.7 Å². The summed E-state index contributed by atoms with van der Waals surface area (Å²) in [4.78, 5) is 21.9. The van der Waals surface area contributed by atoms with Crippen LogP contribution in [-0.4, -0.2) is 45.2 Å². The molecule has 0 bridgehead atoms. The van der Waals surface area contributed by atoms with Gasteiger partial charge in [-0.25, -0.2) is 13.2 Å². The van der Waals surface area contributed by atoms with Gasteiger partial charge >= 0.3 is 11.9 Å².